The number of hydrogen-bond acceptors (Lipinski definition) is 3. The normalized spacial score (nSPS) is 24.7. The van der Waals surface area contributed by atoms with Gasteiger partial charge in [0.05, 0.1) is 6.54 Å². The summed E-state index contributed by atoms with van der Waals surface area (Å²) in [5, 5.41) is 0. The topological polar surface area (TPSA) is 72.6 Å². The van der Waals surface area contributed by atoms with Gasteiger partial charge in [0.25, 0.3) is 0 Å². The molecule has 0 bridgehead atoms. The third-order valence-corrected chi connectivity index (χ3v) is 1.23. The summed E-state index contributed by atoms with van der Waals surface area (Å²) in [6.45, 7) is 1.95. The van der Waals surface area contributed by atoms with E-state index in [-0.39, 0.29) is 12.6 Å². The lowest BCUT2D eigenvalue weighted by atomic mass is 10.4. The van der Waals surface area contributed by atoms with Gasteiger partial charge in [0.1, 0.15) is 6.10 Å². The van der Waals surface area contributed by atoms with Crippen molar-refractivity contribution < 1.29 is 14.3 Å². The summed E-state index contributed by atoms with van der Waals surface area (Å²) in [7, 11) is 0. The summed E-state index contributed by atoms with van der Waals surface area (Å²) in [6.07, 6.45) is -0.889. The fraction of sp³-hybridized carbons (Fsp3) is 0.600. The molecule has 5 heteroatoms. The van der Waals surface area contributed by atoms with Crippen LogP contribution in [0.2, 0.25) is 0 Å². The quantitative estimate of drug-likeness (QED) is 0.516. The molecule has 1 unspecified atom stereocenters. The van der Waals surface area contributed by atoms with Crippen molar-refractivity contribution in [3.8, 4) is 0 Å². The third-order valence-electron chi connectivity index (χ3n) is 1.23. The highest BCUT2D eigenvalue weighted by Crippen LogP contribution is 2.08. The van der Waals surface area contributed by atoms with Crippen LogP contribution in [0.15, 0.2) is 0 Å². The molecular formula is C5H8N2O3. The fourth-order valence-electron chi connectivity index (χ4n) is 0.785. The number of ether oxygens (including phenoxy) is 1. The maximum absolute atomic E-state index is 10.6. The highest BCUT2D eigenvalue weighted by molar-refractivity contribution is 5.91. The van der Waals surface area contributed by atoms with Gasteiger partial charge in [-0.05, 0) is 6.92 Å². The Morgan fingerprint density at radius 3 is 2.70 bits per heavy atom. The molecule has 0 aromatic rings. The molecule has 0 aromatic heterocycles. The van der Waals surface area contributed by atoms with E-state index in [4.69, 9.17) is 5.73 Å². The molecule has 1 heterocycles. The lowest BCUT2D eigenvalue weighted by Crippen LogP contribution is -2.36. The van der Waals surface area contributed by atoms with Crippen molar-refractivity contribution in [2.75, 3.05) is 6.54 Å². The highest BCUT2D eigenvalue weighted by atomic mass is 16.6. The number of amides is 3. The second-order valence-corrected chi connectivity index (χ2v) is 2.14. The first-order chi connectivity index (χ1) is 4.61. The average Bonchev–Trinajstić information content (AvgIpc) is 2.10. The maximum atomic E-state index is 10.6. The Hall–Kier alpha value is -1.26. The zero-order valence-electron chi connectivity index (χ0n) is 5.53. The summed E-state index contributed by atoms with van der Waals surface area (Å²) < 4.78 is 4.62. The van der Waals surface area contributed by atoms with Crippen LogP contribution < -0.4 is 5.73 Å². The predicted octanol–water partition coefficient (Wildman–Crippen LogP) is -0.0942. The monoisotopic (exact) mass is 144 g/mol. The van der Waals surface area contributed by atoms with Crippen LogP contribution >= 0.6 is 0 Å². The van der Waals surface area contributed by atoms with Gasteiger partial charge in [-0.3, -0.25) is 0 Å². The van der Waals surface area contributed by atoms with E-state index in [1.165, 1.54) is 0 Å². The smallest absolute Gasteiger partial charge is 0.418 e. The first-order valence-corrected chi connectivity index (χ1v) is 2.89. The number of rotatable bonds is 0. The number of carbonyl (C=O) groups is 2. The van der Waals surface area contributed by atoms with Crippen molar-refractivity contribution in [2.45, 2.75) is 13.0 Å². The minimum Gasteiger partial charge on any atom is -0.444 e. The first kappa shape index (κ1) is 6.85. The second kappa shape index (κ2) is 2.17. The van der Waals surface area contributed by atoms with Crippen molar-refractivity contribution in [3.63, 3.8) is 0 Å². The van der Waals surface area contributed by atoms with Crippen molar-refractivity contribution >= 4 is 12.1 Å². The number of nitrogens with zero attached hydrogens (tertiary/aromatic N) is 1. The zero-order valence-corrected chi connectivity index (χ0v) is 5.53. The van der Waals surface area contributed by atoms with Crippen LogP contribution in [0.1, 0.15) is 6.92 Å². The van der Waals surface area contributed by atoms with Gasteiger partial charge < -0.3 is 10.5 Å². The molecule has 0 aromatic carbocycles. The molecule has 3 amide bonds. The molecule has 0 saturated carbocycles. The van der Waals surface area contributed by atoms with E-state index in [1.807, 2.05) is 0 Å². The van der Waals surface area contributed by atoms with Gasteiger partial charge >= 0.3 is 12.1 Å². The molecule has 1 rings (SSSR count). The molecule has 0 radical (unpaired) electrons. The highest BCUT2D eigenvalue weighted by Gasteiger charge is 2.31. The zero-order chi connectivity index (χ0) is 7.72. The summed E-state index contributed by atoms with van der Waals surface area (Å²) in [4.78, 5) is 21.9. The minimum absolute atomic E-state index is 0.236. The standard InChI is InChI=1S/C5H8N2O3/c1-3-2-7(4(6)8)5(9)10-3/h3H,2H2,1H3,(H2,6,8). The molecule has 5 nitrogen and oxygen atoms in total. The molecule has 1 fully saturated rings. The summed E-state index contributed by atoms with van der Waals surface area (Å²) in [5.74, 6) is 0. The van der Waals surface area contributed by atoms with E-state index >= 15 is 0 Å². The molecule has 56 valence electrons. The number of cyclic esters (lactones) is 1. The largest absolute Gasteiger partial charge is 0.444 e. The molecule has 2 N–H and O–H groups in total. The van der Waals surface area contributed by atoms with E-state index in [0.717, 1.165) is 4.90 Å². The summed E-state index contributed by atoms with van der Waals surface area (Å²) in [6, 6.07) is -0.755. The molecule has 1 aliphatic rings. The van der Waals surface area contributed by atoms with Gasteiger partial charge in [0.2, 0.25) is 0 Å². The van der Waals surface area contributed by atoms with Crippen LogP contribution in [0.25, 0.3) is 0 Å². The Morgan fingerprint density at radius 1 is 1.90 bits per heavy atom. The van der Waals surface area contributed by atoms with Crippen LogP contribution in [0.5, 0.6) is 0 Å². The van der Waals surface area contributed by atoms with Crippen LogP contribution in [0, 0.1) is 0 Å². The number of imide groups is 1. The average molecular weight is 144 g/mol. The number of nitrogens with two attached hydrogens (primary N) is 1. The number of urea groups is 1. The van der Waals surface area contributed by atoms with E-state index in [9.17, 15) is 9.59 Å². The second-order valence-electron chi connectivity index (χ2n) is 2.14. The van der Waals surface area contributed by atoms with Gasteiger partial charge in [-0.25, -0.2) is 14.5 Å². The molecule has 0 aliphatic carbocycles. The summed E-state index contributed by atoms with van der Waals surface area (Å²) in [5.41, 5.74) is 4.84. The maximum Gasteiger partial charge on any atom is 0.418 e. The van der Waals surface area contributed by atoms with Crippen molar-refractivity contribution in [1.82, 2.24) is 4.90 Å². The van der Waals surface area contributed by atoms with Gasteiger partial charge in [0.15, 0.2) is 0 Å². The van der Waals surface area contributed by atoms with Gasteiger partial charge in [-0.2, -0.15) is 0 Å². The SMILES string of the molecule is CC1CN(C(N)=O)C(=O)O1. The van der Waals surface area contributed by atoms with E-state index in [0.29, 0.717) is 0 Å². The van der Waals surface area contributed by atoms with Gasteiger partial charge in [-0.15, -0.1) is 0 Å². The number of primary amides is 1. The molecule has 10 heavy (non-hydrogen) atoms. The summed E-state index contributed by atoms with van der Waals surface area (Å²) >= 11 is 0. The van der Waals surface area contributed by atoms with Crippen molar-refractivity contribution in [1.29, 1.82) is 0 Å². The van der Waals surface area contributed by atoms with Gasteiger partial charge in [-0.1, -0.05) is 0 Å². The van der Waals surface area contributed by atoms with Crippen molar-refractivity contribution in [2.24, 2.45) is 5.73 Å². The Balaban J connectivity index is 2.63. The lowest BCUT2D eigenvalue weighted by Gasteiger charge is -2.03. The van der Waals surface area contributed by atoms with E-state index in [2.05, 4.69) is 4.74 Å². The first-order valence-electron chi connectivity index (χ1n) is 2.89. The van der Waals surface area contributed by atoms with Gasteiger partial charge in [0, 0.05) is 0 Å². The molecule has 1 saturated heterocycles. The Labute approximate surface area is 57.7 Å². The van der Waals surface area contributed by atoms with Crippen LogP contribution in [-0.4, -0.2) is 29.7 Å². The number of carbonyl (C=O) groups excluding carboxylic acids is 2. The van der Waals surface area contributed by atoms with E-state index < -0.39 is 12.1 Å². The van der Waals surface area contributed by atoms with Crippen molar-refractivity contribution in [3.05, 3.63) is 0 Å². The van der Waals surface area contributed by atoms with Crippen LogP contribution in [0.4, 0.5) is 9.59 Å². The Bertz CT molecular complexity index is 180. The molecule has 1 aliphatic heterocycles. The van der Waals surface area contributed by atoms with Crippen LogP contribution in [0.3, 0.4) is 0 Å². The van der Waals surface area contributed by atoms with E-state index in [1.54, 1.807) is 6.92 Å². The Kier molecular flexibility index (Phi) is 1.48. The fourth-order valence-corrected chi connectivity index (χ4v) is 0.785. The molecule has 1 atom stereocenters. The van der Waals surface area contributed by atoms with Crippen LogP contribution in [-0.2, 0) is 4.74 Å². The Morgan fingerprint density at radius 2 is 2.50 bits per heavy atom. The lowest BCUT2D eigenvalue weighted by molar-refractivity contribution is 0.140. The molecular weight excluding hydrogens is 136 g/mol. The minimum atomic E-state index is -0.755. The molecule has 0 spiro atoms. The predicted molar refractivity (Wildman–Crippen MR) is 32.2 cm³/mol. The number of hydrogen-bond donors (Lipinski definition) is 1. The third kappa shape index (κ3) is 1.02.